The SMILES string of the molecule is COc1ccc(-c2nnc(SC[C@H](O)COc3cccc(C)c3)o2)cc1. The quantitative estimate of drug-likeness (QED) is 0.606. The third kappa shape index (κ3) is 5.00. The zero-order chi connectivity index (χ0) is 18.4. The van der Waals surface area contributed by atoms with Crippen molar-refractivity contribution in [1.82, 2.24) is 10.2 Å². The molecule has 26 heavy (non-hydrogen) atoms. The number of nitrogens with zero attached hydrogens (tertiary/aromatic N) is 2. The largest absolute Gasteiger partial charge is 0.497 e. The minimum atomic E-state index is -0.642. The van der Waals surface area contributed by atoms with Crippen LogP contribution in [-0.4, -0.2) is 40.9 Å². The first-order valence-electron chi connectivity index (χ1n) is 8.12. The molecule has 0 fully saturated rings. The number of hydrogen-bond donors (Lipinski definition) is 1. The molecule has 0 spiro atoms. The summed E-state index contributed by atoms with van der Waals surface area (Å²) in [6.45, 7) is 2.20. The summed E-state index contributed by atoms with van der Waals surface area (Å²) >= 11 is 1.30. The molecular weight excluding hydrogens is 352 g/mol. The van der Waals surface area contributed by atoms with E-state index in [4.69, 9.17) is 13.9 Å². The zero-order valence-electron chi connectivity index (χ0n) is 14.6. The summed E-state index contributed by atoms with van der Waals surface area (Å²) in [4.78, 5) is 0. The first-order valence-corrected chi connectivity index (χ1v) is 9.11. The lowest BCUT2D eigenvalue weighted by Crippen LogP contribution is -2.20. The van der Waals surface area contributed by atoms with Crippen LogP contribution < -0.4 is 9.47 Å². The van der Waals surface area contributed by atoms with Crippen LogP contribution in [0.15, 0.2) is 58.2 Å². The molecule has 0 aliphatic rings. The summed E-state index contributed by atoms with van der Waals surface area (Å²) in [7, 11) is 1.62. The third-order valence-corrected chi connectivity index (χ3v) is 4.54. The van der Waals surface area contributed by atoms with Crippen molar-refractivity contribution < 1.29 is 19.0 Å². The van der Waals surface area contributed by atoms with Gasteiger partial charge in [0, 0.05) is 11.3 Å². The van der Waals surface area contributed by atoms with Crippen molar-refractivity contribution in [3.8, 4) is 23.0 Å². The molecule has 1 N–H and O–H groups in total. The van der Waals surface area contributed by atoms with Gasteiger partial charge in [-0.3, -0.25) is 0 Å². The van der Waals surface area contributed by atoms with Gasteiger partial charge in [-0.25, -0.2) is 0 Å². The number of aliphatic hydroxyl groups excluding tert-OH is 1. The molecule has 1 atom stereocenters. The Balaban J connectivity index is 1.49. The highest BCUT2D eigenvalue weighted by molar-refractivity contribution is 7.99. The molecule has 0 unspecified atom stereocenters. The fraction of sp³-hybridized carbons (Fsp3) is 0.263. The molecule has 0 bridgehead atoms. The lowest BCUT2D eigenvalue weighted by Gasteiger charge is -2.11. The van der Waals surface area contributed by atoms with Gasteiger partial charge in [0.05, 0.1) is 13.2 Å². The Bertz CT molecular complexity index is 836. The number of hydrogen-bond acceptors (Lipinski definition) is 7. The molecule has 1 heterocycles. The highest BCUT2D eigenvalue weighted by atomic mass is 32.2. The van der Waals surface area contributed by atoms with Crippen LogP contribution in [0.3, 0.4) is 0 Å². The van der Waals surface area contributed by atoms with E-state index in [1.54, 1.807) is 7.11 Å². The van der Waals surface area contributed by atoms with Gasteiger partial charge >= 0.3 is 0 Å². The molecule has 0 saturated heterocycles. The van der Waals surface area contributed by atoms with Crippen LogP contribution in [0.25, 0.3) is 11.5 Å². The number of benzene rings is 2. The maximum atomic E-state index is 10.1. The number of methoxy groups -OCH3 is 1. The molecule has 0 aliphatic carbocycles. The Kier molecular flexibility index (Phi) is 6.14. The summed E-state index contributed by atoms with van der Waals surface area (Å²) in [5.74, 6) is 2.34. The number of thioether (sulfide) groups is 1. The monoisotopic (exact) mass is 372 g/mol. The van der Waals surface area contributed by atoms with Crippen molar-refractivity contribution in [2.75, 3.05) is 19.5 Å². The van der Waals surface area contributed by atoms with Gasteiger partial charge in [0.25, 0.3) is 5.22 Å². The summed E-state index contributed by atoms with van der Waals surface area (Å²) in [5.41, 5.74) is 1.93. The first kappa shape index (κ1) is 18.3. The van der Waals surface area contributed by atoms with Gasteiger partial charge in [-0.05, 0) is 48.9 Å². The van der Waals surface area contributed by atoms with Crippen molar-refractivity contribution in [2.45, 2.75) is 18.3 Å². The van der Waals surface area contributed by atoms with E-state index in [2.05, 4.69) is 10.2 Å². The van der Waals surface area contributed by atoms with Gasteiger partial charge in [0.2, 0.25) is 5.89 Å². The molecule has 3 rings (SSSR count). The van der Waals surface area contributed by atoms with Crippen LogP contribution >= 0.6 is 11.8 Å². The summed E-state index contributed by atoms with van der Waals surface area (Å²) < 4.78 is 16.3. The number of ether oxygens (including phenoxy) is 2. The topological polar surface area (TPSA) is 77.6 Å². The molecule has 6 nitrogen and oxygen atoms in total. The predicted molar refractivity (Wildman–Crippen MR) is 99.7 cm³/mol. The van der Waals surface area contributed by atoms with Gasteiger partial charge in [0.15, 0.2) is 0 Å². The molecule has 1 aromatic heterocycles. The first-order chi connectivity index (χ1) is 12.6. The van der Waals surface area contributed by atoms with E-state index in [1.807, 2.05) is 55.5 Å². The second kappa shape index (κ2) is 8.73. The lowest BCUT2D eigenvalue weighted by molar-refractivity contribution is 0.126. The van der Waals surface area contributed by atoms with E-state index in [-0.39, 0.29) is 6.61 Å². The second-order valence-electron chi connectivity index (χ2n) is 5.69. The number of aromatic nitrogens is 2. The molecule has 136 valence electrons. The minimum absolute atomic E-state index is 0.204. The maximum absolute atomic E-state index is 10.1. The molecule has 2 aromatic carbocycles. The van der Waals surface area contributed by atoms with E-state index >= 15 is 0 Å². The Morgan fingerprint density at radius 2 is 1.92 bits per heavy atom. The van der Waals surface area contributed by atoms with Gasteiger partial charge in [0.1, 0.15) is 18.1 Å². The van der Waals surface area contributed by atoms with Crippen LogP contribution in [0.5, 0.6) is 11.5 Å². The van der Waals surface area contributed by atoms with Crippen molar-refractivity contribution in [3.63, 3.8) is 0 Å². The Morgan fingerprint density at radius 3 is 2.65 bits per heavy atom. The van der Waals surface area contributed by atoms with Gasteiger partial charge in [-0.1, -0.05) is 23.9 Å². The van der Waals surface area contributed by atoms with E-state index in [1.165, 1.54) is 11.8 Å². The Morgan fingerprint density at radius 1 is 1.12 bits per heavy atom. The van der Waals surface area contributed by atoms with Crippen LogP contribution in [0, 0.1) is 6.92 Å². The lowest BCUT2D eigenvalue weighted by atomic mass is 10.2. The fourth-order valence-corrected chi connectivity index (χ4v) is 2.90. The molecule has 0 aliphatic heterocycles. The smallest absolute Gasteiger partial charge is 0.276 e. The normalized spacial score (nSPS) is 12.0. The molecule has 7 heteroatoms. The third-order valence-electron chi connectivity index (χ3n) is 3.57. The minimum Gasteiger partial charge on any atom is -0.497 e. The number of aryl methyl sites for hydroxylation is 1. The van der Waals surface area contributed by atoms with Crippen LogP contribution in [0.4, 0.5) is 0 Å². The molecular formula is C19H20N2O4S. The number of aliphatic hydroxyl groups is 1. The summed E-state index contributed by atoms with van der Waals surface area (Å²) in [6, 6.07) is 15.1. The van der Waals surface area contributed by atoms with Crippen molar-refractivity contribution in [3.05, 3.63) is 54.1 Å². The Labute approximate surface area is 156 Å². The molecule has 0 saturated carbocycles. The highest BCUT2D eigenvalue weighted by Gasteiger charge is 2.12. The van der Waals surface area contributed by atoms with Crippen LogP contribution in [0.2, 0.25) is 0 Å². The van der Waals surface area contributed by atoms with Gasteiger partial charge < -0.3 is 19.0 Å². The van der Waals surface area contributed by atoms with Gasteiger partial charge in [-0.2, -0.15) is 0 Å². The van der Waals surface area contributed by atoms with E-state index < -0.39 is 6.10 Å². The molecule has 0 radical (unpaired) electrons. The summed E-state index contributed by atoms with van der Waals surface area (Å²) in [5, 5.41) is 18.5. The van der Waals surface area contributed by atoms with Crippen molar-refractivity contribution >= 4 is 11.8 Å². The standard InChI is InChI=1S/C19H20N2O4S/c1-13-4-3-5-17(10-13)24-11-15(22)12-26-19-21-20-18(25-19)14-6-8-16(23-2)9-7-14/h3-10,15,22H,11-12H2,1-2H3/t15-/m1/s1. The predicted octanol–water partition coefficient (Wildman–Crippen LogP) is 3.59. The molecule has 3 aromatic rings. The van der Waals surface area contributed by atoms with E-state index in [0.717, 1.165) is 22.6 Å². The number of rotatable bonds is 8. The van der Waals surface area contributed by atoms with Crippen LogP contribution in [0.1, 0.15) is 5.56 Å². The van der Waals surface area contributed by atoms with Crippen molar-refractivity contribution in [1.29, 1.82) is 0 Å². The van der Waals surface area contributed by atoms with Gasteiger partial charge in [-0.15, -0.1) is 10.2 Å². The summed E-state index contributed by atoms with van der Waals surface area (Å²) in [6.07, 6.45) is -0.642. The van der Waals surface area contributed by atoms with Crippen molar-refractivity contribution in [2.24, 2.45) is 0 Å². The van der Waals surface area contributed by atoms with Crippen LogP contribution in [-0.2, 0) is 0 Å². The average molecular weight is 372 g/mol. The molecule has 0 amide bonds. The zero-order valence-corrected chi connectivity index (χ0v) is 15.4. The fourth-order valence-electron chi connectivity index (χ4n) is 2.23. The Hall–Kier alpha value is -2.51. The van der Waals surface area contributed by atoms with E-state index in [9.17, 15) is 5.11 Å². The average Bonchev–Trinajstić information content (AvgIpc) is 3.14. The second-order valence-corrected chi connectivity index (χ2v) is 6.67. The van der Waals surface area contributed by atoms with E-state index in [0.29, 0.717) is 16.9 Å². The maximum Gasteiger partial charge on any atom is 0.276 e. The highest BCUT2D eigenvalue weighted by Crippen LogP contribution is 2.25.